The number of nitrogens with zero attached hydrogens (tertiary/aromatic N) is 1. The van der Waals surface area contributed by atoms with Gasteiger partial charge in [0.25, 0.3) is 0 Å². The molecule has 1 N–H and O–H groups in total. The molecule has 1 atom stereocenters. The first-order chi connectivity index (χ1) is 6.17. The summed E-state index contributed by atoms with van der Waals surface area (Å²) in [5.41, 5.74) is 0. The van der Waals surface area contributed by atoms with E-state index in [-0.39, 0.29) is 5.91 Å². The molecule has 0 radical (unpaired) electrons. The molecule has 1 amide bonds. The number of amides is 1. The number of hydrogen-bond donors (Lipinski definition) is 1. The van der Waals surface area contributed by atoms with Gasteiger partial charge in [-0.2, -0.15) is 0 Å². The van der Waals surface area contributed by atoms with E-state index in [0.717, 1.165) is 19.4 Å². The summed E-state index contributed by atoms with van der Waals surface area (Å²) in [5.74, 6) is 0.0741. The SMILES string of the molecule is C=CC(=O)N1CCC[C@H]1C.CNC. The van der Waals surface area contributed by atoms with Crippen molar-refractivity contribution in [2.45, 2.75) is 25.8 Å². The Labute approximate surface area is 80.8 Å². The number of hydrogen-bond acceptors (Lipinski definition) is 2. The van der Waals surface area contributed by atoms with Gasteiger partial charge >= 0.3 is 0 Å². The summed E-state index contributed by atoms with van der Waals surface area (Å²) >= 11 is 0. The summed E-state index contributed by atoms with van der Waals surface area (Å²) in [6.07, 6.45) is 3.67. The van der Waals surface area contributed by atoms with Crippen LogP contribution in [0.3, 0.4) is 0 Å². The van der Waals surface area contributed by atoms with Crippen molar-refractivity contribution in [1.82, 2.24) is 10.2 Å². The second-order valence-electron chi connectivity index (χ2n) is 3.23. The Bertz CT molecular complexity index is 168. The normalized spacial score (nSPS) is 20.5. The topological polar surface area (TPSA) is 32.3 Å². The van der Waals surface area contributed by atoms with Crippen molar-refractivity contribution in [3.8, 4) is 0 Å². The van der Waals surface area contributed by atoms with E-state index in [0.29, 0.717) is 6.04 Å². The fourth-order valence-corrected chi connectivity index (χ4v) is 1.38. The lowest BCUT2D eigenvalue weighted by molar-refractivity contribution is -0.126. The maximum Gasteiger partial charge on any atom is 0.246 e. The minimum absolute atomic E-state index is 0.0741. The van der Waals surface area contributed by atoms with E-state index < -0.39 is 0 Å². The maximum absolute atomic E-state index is 11.0. The van der Waals surface area contributed by atoms with Gasteiger partial charge in [0.05, 0.1) is 0 Å². The molecule has 3 nitrogen and oxygen atoms in total. The Kier molecular flexibility index (Phi) is 6.24. The van der Waals surface area contributed by atoms with Crippen LogP contribution >= 0.6 is 0 Å². The number of nitrogens with one attached hydrogen (secondary N) is 1. The summed E-state index contributed by atoms with van der Waals surface area (Å²) in [5, 5.41) is 2.75. The summed E-state index contributed by atoms with van der Waals surface area (Å²) in [7, 11) is 3.75. The highest BCUT2D eigenvalue weighted by atomic mass is 16.2. The molecule has 3 heteroatoms. The zero-order valence-electron chi connectivity index (χ0n) is 8.84. The molecule has 1 aliphatic heterocycles. The summed E-state index contributed by atoms with van der Waals surface area (Å²) in [4.78, 5) is 12.9. The zero-order valence-corrected chi connectivity index (χ0v) is 8.84. The van der Waals surface area contributed by atoms with Crippen LogP contribution in [0.25, 0.3) is 0 Å². The van der Waals surface area contributed by atoms with E-state index in [1.54, 1.807) is 0 Å². The molecule has 0 aliphatic carbocycles. The standard InChI is InChI=1S/C8H13NO.C2H7N/c1-3-8(10)9-6-4-5-7(9)2;1-3-2/h3,7H,1,4-6H2,2H3;3H,1-2H3/t7-;/m1./s1. The van der Waals surface area contributed by atoms with Gasteiger partial charge in [-0.15, -0.1) is 0 Å². The predicted molar refractivity (Wildman–Crippen MR) is 55.6 cm³/mol. The third kappa shape index (κ3) is 4.08. The lowest BCUT2D eigenvalue weighted by atomic mass is 10.2. The molecule has 0 bridgehead atoms. The molecule has 1 aliphatic rings. The number of rotatable bonds is 1. The Morgan fingerprint density at radius 3 is 2.46 bits per heavy atom. The molecule has 0 spiro atoms. The zero-order chi connectivity index (χ0) is 10.3. The summed E-state index contributed by atoms with van der Waals surface area (Å²) in [6, 6.07) is 0.422. The van der Waals surface area contributed by atoms with Crippen LogP contribution in [0.15, 0.2) is 12.7 Å². The van der Waals surface area contributed by atoms with Crippen LogP contribution in [0, 0.1) is 0 Å². The number of likely N-dealkylation sites (tertiary alicyclic amines) is 1. The van der Waals surface area contributed by atoms with Gasteiger partial charge in [0, 0.05) is 12.6 Å². The van der Waals surface area contributed by atoms with Crippen LogP contribution in [0.2, 0.25) is 0 Å². The average molecular weight is 184 g/mol. The van der Waals surface area contributed by atoms with Crippen LogP contribution in [0.4, 0.5) is 0 Å². The van der Waals surface area contributed by atoms with E-state index in [9.17, 15) is 4.79 Å². The molecule has 0 unspecified atom stereocenters. The van der Waals surface area contributed by atoms with Gasteiger partial charge in [-0.1, -0.05) is 6.58 Å². The highest BCUT2D eigenvalue weighted by Crippen LogP contribution is 2.15. The maximum atomic E-state index is 11.0. The van der Waals surface area contributed by atoms with Crippen molar-refractivity contribution < 1.29 is 4.79 Å². The van der Waals surface area contributed by atoms with Crippen molar-refractivity contribution in [3.05, 3.63) is 12.7 Å². The summed E-state index contributed by atoms with van der Waals surface area (Å²) in [6.45, 7) is 6.43. The minimum atomic E-state index is 0.0741. The van der Waals surface area contributed by atoms with Crippen LogP contribution in [0.1, 0.15) is 19.8 Å². The molecule has 0 aromatic heterocycles. The van der Waals surface area contributed by atoms with Gasteiger partial charge in [-0.25, -0.2) is 0 Å². The molecule has 0 saturated carbocycles. The predicted octanol–water partition coefficient (Wildman–Crippen LogP) is 1.02. The Morgan fingerprint density at radius 2 is 2.15 bits per heavy atom. The smallest absolute Gasteiger partial charge is 0.246 e. The molecule has 1 fully saturated rings. The third-order valence-corrected chi connectivity index (χ3v) is 2.01. The monoisotopic (exact) mass is 184 g/mol. The third-order valence-electron chi connectivity index (χ3n) is 2.01. The molecule has 0 aromatic rings. The molecule has 13 heavy (non-hydrogen) atoms. The Morgan fingerprint density at radius 1 is 1.62 bits per heavy atom. The molecule has 1 heterocycles. The van der Waals surface area contributed by atoms with E-state index in [1.165, 1.54) is 6.08 Å². The van der Waals surface area contributed by atoms with Crippen molar-refractivity contribution in [1.29, 1.82) is 0 Å². The van der Waals surface area contributed by atoms with E-state index in [1.807, 2.05) is 19.0 Å². The molecule has 0 aromatic carbocycles. The number of carbonyl (C=O) groups is 1. The van der Waals surface area contributed by atoms with Crippen molar-refractivity contribution in [2.75, 3.05) is 20.6 Å². The first-order valence-electron chi connectivity index (χ1n) is 4.68. The summed E-state index contributed by atoms with van der Waals surface area (Å²) < 4.78 is 0. The van der Waals surface area contributed by atoms with Gasteiger partial charge in [-0.05, 0) is 39.9 Å². The molecule has 1 saturated heterocycles. The lowest BCUT2D eigenvalue weighted by Gasteiger charge is -2.18. The fraction of sp³-hybridized carbons (Fsp3) is 0.700. The molecular formula is C10H20N2O. The van der Waals surface area contributed by atoms with E-state index >= 15 is 0 Å². The van der Waals surface area contributed by atoms with Crippen LogP contribution < -0.4 is 5.32 Å². The largest absolute Gasteiger partial charge is 0.336 e. The Hall–Kier alpha value is -0.830. The quantitative estimate of drug-likeness (QED) is 0.617. The number of carbonyl (C=O) groups excluding carboxylic acids is 1. The molecule has 76 valence electrons. The second-order valence-corrected chi connectivity index (χ2v) is 3.23. The van der Waals surface area contributed by atoms with Gasteiger partial charge in [0.15, 0.2) is 0 Å². The van der Waals surface area contributed by atoms with Gasteiger partial charge in [-0.3, -0.25) is 4.79 Å². The molecule has 1 rings (SSSR count). The highest BCUT2D eigenvalue weighted by molar-refractivity contribution is 5.87. The van der Waals surface area contributed by atoms with E-state index in [2.05, 4.69) is 18.8 Å². The van der Waals surface area contributed by atoms with Gasteiger partial charge < -0.3 is 10.2 Å². The van der Waals surface area contributed by atoms with Crippen molar-refractivity contribution in [3.63, 3.8) is 0 Å². The van der Waals surface area contributed by atoms with Gasteiger partial charge in [0.2, 0.25) is 5.91 Å². The Balaban J connectivity index is 0.000000424. The van der Waals surface area contributed by atoms with Crippen molar-refractivity contribution in [2.24, 2.45) is 0 Å². The first-order valence-corrected chi connectivity index (χ1v) is 4.68. The first kappa shape index (κ1) is 12.2. The molecular weight excluding hydrogens is 164 g/mol. The van der Waals surface area contributed by atoms with Crippen LogP contribution in [0.5, 0.6) is 0 Å². The van der Waals surface area contributed by atoms with Crippen molar-refractivity contribution >= 4 is 5.91 Å². The van der Waals surface area contributed by atoms with Crippen LogP contribution in [-0.4, -0.2) is 37.5 Å². The highest BCUT2D eigenvalue weighted by Gasteiger charge is 2.22. The van der Waals surface area contributed by atoms with Crippen LogP contribution in [-0.2, 0) is 4.79 Å². The van der Waals surface area contributed by atoms with E-state index in [4.69, 9.17) is 0 Å². The minimum Gasteiger partial charge on any atom is -0.336 e. The van der Waals surface area contributed by atoms with Gasteiger partial charge in [0.1, 0.15) is 0 Å². The average Bonchev–Trinajstić information content (AvgIpc) is 2.52. The lowest BCUT2D eigenvalue weighted by Crippen LogP contribution is -2.31. The second kappa shape index (κ2) is 6.66. The fourth-order valence-electron chi connectivity index (χ4n) is 1.38.